The van der Waals surface area contributed by atoms with E-state index in [0.717, 1.165) is 6.61 Å². The van der Waals surface area contributed by atoms with Crippen molar-refractivity contribution in [3.63, 3.8) is 0 Å². The summed E-state index contributed by atoms with van der Waals surface area (Å²) in [6, 6.07) is 12.0. The van der Waals surface area contributed by atoms with Crippen LogP contribution in [0, 0.1) is 0 Å². The smallest absolute Gasteiger partial charge is 1.00 e. The van der Waals surface area contributed by atoms with Gasteiger partial charge in [0.2, 0.25) is 9.04 Å². The van der Waals surface area contributed by atoms with Crippen LogP contribution in [0.4, 0.5) is 0 Å². The molecule has 0 saturated carbocycles. The average Bonchev–Trinajstić information content (AvgIpc) is 2.21. The first-order valence-corrected chi connectivity index (χ1v) is 6.50. The summed E-state index contributed by atoms with van der Waals surface area (Å²) in [5, 5.41) is 1.47. The average molecular weight is 218 g/mol. The molecule has 0 spiro atoms. The molecule has 1 nitrogen and oxygen atoms in total. The van der Waals surface area contributed by atoms with Gasteiger partial charge in [-0.25, -0.2) is 0 Å². The van der Waals surface area contributed by atoms with Gasteiger partial charge in [0, 0.05) is 6.61 Å². The Balaban J connectivity index is 0.000000845. The van der Waals surface area contributed by atoms with E-state index >= 15 is 0 Å². The minimum atomic E-state index is -0.984. The van der Waals surface area contributed by atoms with Crippen LogP contribution < -0.4 is 56.6 Å². The molecule has 1 aliphatic heterocycles. The van der Waals surface area contributed by atoms with E-state index in [-0.39, 0.29) is 52.8 Å². The molecule has 1 atom stereocenters. The molecule has 0 amide bonds. The van der Waals surface area contributed by atoms with Crippen molar-refractivity contribution in [3.8, 4) is 0 Å². The van der Waals surface area contributed by atoms with Crippen LogP contribution in [0.25, 0.3) is 0 Å². The van der Waals surface area contributed by atoms with Crippen molar-refractivity contribution in [1.82, 2.24) is 0 Å². The Hall–Kier alpha value is 1.03. The molecule has 0 aliphatic carbocycles. The second kappa shape index (κ2) is 6.50. The predicted octanol–water partition coefficient (Wildman–Crippen LogP) is -1.46. The fourth-order valence-corrected chi connectivity index (χ4v) is 4.13. The second-order valence-corrected chi connectivity index (χ2v) is 5.82. The molecule has 1 aliphatic rings. The van der Waals surface area contributed by atoms with Crippen LogP contribution in [0.1, 0.15) is 14.3 Å². The molecule has 13 heavy (non-hydrogen) atoms. The number of benzene rings is 1. The molecule has 2 rings (SSSR count). The molecule has 1 heterocycles. The van der Waals surface area contributed by atoms with E-state index in [9.17, 15) is 0 Å². The topological polar surface area (TPSA) is 9.23 Å². The van der Waals surface area contributed by atoms with Crippen molar-refractivity contribution in [1.29, 1.82) is 0 Å². The molecule has 0 radical (unpaired) electrons. The van der Waals surface area contributed by atoms with Crippen molar-refractivity contribution < 1.29 is 57.2 Å². The minimum absolute atomic E-state index is 0. The minimum Gasteiger partial charge on any atom is -1.00 e. The molecule has 1 fully saturated rings. The molecule has 1 aromatic carbocycles. The summed E-state index contributed by atoms with van der Waals surface area (Å²) in [7, 11) is -0.984. The Morgan fingerprint density at radius 1 is 1.15 bits per heavy atom. The number of hydrogen-bond acceptors (Lipinski definition) is 1. The Bertz CT molecular complexity index is 239. The molecule has 0 aromatic heterocycles. The molecule has 0 N–H and O–H groups in total. The fraction of sp³-hybridized carbons (Fsp3) is 0.400. The maximum Gasteiger partial charge on any atom is 1.00 e. The van der Waals surface area contributed by atoms with Gasteiger partial charge in [0.1, 0.15) is 0 Å². The van der Waals surface area contributed by atoms with Crippen LogP contribution in [-0.4, -0.2) is 15.6 Å². The maximum atomic E-state index is 5.80. The molecule has 1 aromatic rings. The summed E-state index contributed by atoms with van der Waals surface area (Å²) in [6.45, 7) is 0.992. The van der Waals surface area contributed by atoms with Gasteiger partial charge in [-0.05, 0) is 17.7 Å². The summed E-state index contributed by atoms with van der Waals surface area (Å²) in [4.78, 5) is 0. The van der Waals surface area contributed by atoms with Gasteiger partial charge in [0.15, 0.2) is 0 Å². The van der Waals surface area contributed by atoms with Crippen LogP contribution in [0.15, 0.2) is 30.3 Å². The van der Waals surface area contributed by atoms with Crippen LogP contribution in [0.3, 0.4) is 0 Å². The summed E-state index contributed by atoms with van der Waals surface area (Å²) in [5.41, 5.74) is 0. The zero-order valence-corrected chi connectivity index (χ0v) is 12.5. The Morgan fingerprint density at radius 3 is 2.54 bits per heavy atom. The van der Waals surface area contributed by atoms with Gasteiger partial charge in [0.25, 0.3) is 0 Å². The molecular weight excluding hydrogens is 203 g/mol. The Kier molecular flexibility index (Phi) is 6.06. The third kappa shape index (κ3) is 3.59. The summed E-state index contributed by atoms with van der Waals surface area (Å²) < 4.78 is 5.80. The van der Waals surface area contributed by atoms with Crippen LogP contribution in [0.2, 0.25) is 6.04 Å². The zero-order valence-electron chi connectivity index (χ0n) is 9.20. The van der Waals surface area contributed by atoms with Crippen LogP contribution >= 0.6 is 0 Å². The van der Waals surface area contributed by atoms with Gasteiger partial charge in [0.05, 0.1) is 0 Å². The first-order chi connectivity index (χ1) is 5.97. The van der Waals surface area contributed by atoms with Gasteiger partial charge < -0.3 is 5.85 Å². The Labute approximate surface area is 126 Å². The molecule has 1 saturated heterocycles. The van der Waals surface area contributed by atoms with Gasteiger partial charge in [-0.3, -0.25) is 0 Å². The fourth-order valence-electron chi connectivity index (χ4n) is 1.67. The van der Waals surface area contributed by atoms with Crippen molar-refractivity contribution >= 4 is 14.2 Å². The van der Waals surface area contributed by atoms with Crippen molar-refractivity contribution in [3.05, 3.63) is 30.3 Å². The van der Waals surface area contributed by atoms with Crippen molar-refractivity contribution in [2.45, 2.75) is 18.9 Å². The summed E-state index contributed by atoms with van der Waals surface area (Å²) >= 11 is 0. The molecular formula is C10H15KOSi. The van der Waals surface area contributed by atoms with E-state index in [1.165, 1.54) is 24.1 Å². The van der Waals surface area contributed by atoms with Crippen LogP contribution in [0.5, 0.6) is 0 Å². The van der Waals surface area contributed by atoms with E-state index in [1.54, 1.807) is 0 Å². The molecule has 0 bridgehead atoms. The van der Waals surface area contributed by atoms with E-state index in [0.29, 0.717) is 0 Å². The van der Waals surface area contributed by atoms with E-state index in [4.69, 9.17) is 4.43 Å². The molecule has 3 heteroatoms. The first kappa shape index (κ1) is 12.1. The largest absolute Gasteiger partial charge is 1.00 e. The standard InChI is InChI=1S/C10H14OSi.K.H/c1-2-6-10(7-3-1)12-9-5-4-8-11-12;;/h1-3,6-7,12H,4-5,8-9H2;;/q;+1;-1. The van der Waals surface area contributed by atoms with Gasteiger partial charge in [-0.2, -0.15) is 0 Å². The second-order valence-electron chi connectivity index (χ2n) is 3.27. The summed E-state index contributed by atoms with van der Waals surface area (Å²) in [6.07, 6.45) is 2.63. The Morgan fingerprint density at radius 2 is 1.92 bits per heavy atom. The quantitative estimate of drug-likeness (QED) is 0.524. The summed E-state index contributed by atoms with van der Waals surface area (Å²) in [5.74, 6) is 0. The normalized spacial score (nSPS) is 22.0. The van der Waals surface area contributed by atoms with Crippen molar-refractivity contribution in [2.24, 2.45) is 0 Å². The third-order valence-electron chi connectivity index (χ3n) is 2.35. The first-order valence-electron chi connectivity index (χ1n) is 4.63. The number of rotatable bonds is 1. The van der Waals surface area contributed by atoms with Crippen molar-refractivity contribution in [2.75, 3.05) is 6.61 Å². The van der Waals surface area contributed by atoms with E-state index < -0.39 is 9.04 Å². The van der Waals surface area contributed by atoms with Gasteiger partial charge >= 0.3 is 51.4 Å². The SMILES string of the molecule is [H-].[K+].c1ccc([SiH]2CCCCO2)cc1. The third-order valence-corrected chi connectivity index (χ3v) is 5.05. The van der Waals surface area contributed by atoms with E-state index in [2.05, 4.69) is 30.3 Å². The van der Waals surface area contributed by atoms with E-state index in [1.807, 2.05) is 0 Å². The van der Waals surface area contributed by atoms with Gasteiger partial charge in [-0.15, -0.1) is 0 Å². The molecule has 1 unspecified atom stereocenters. The predicted molar refractivity (Wildman–Crippen MR) is 54.3 cm³/mol. The zero-order chi connectivity index (χ0) is 8.23. The monoisotopic (exact) mass is 218 g/mol. The number of hydrogen-bond donors (Lipinski definition) is 0. The van der Waals surface area contributed by atoms with Gasteiger partial charge in [-0.1, -0.05) is 36.8 Å². The molecule has 66 valence electrons. The maximum absolute atomic E-state index is 5.80. The van der Waals surface area contributed by atoms with Crippen LogP contribution in [-0.2, 0) is 4.43 Å².